The van der Waals surface area contributed by atoms with E-state index in [1.807, 2.05) is 0 Å². The largest absolute Gasteiger partial charge is 0.479 e. The van der Waals surface area contributed by atoms with Gasteiger partial charge < -0.3 is 10.2 Å². The maximum atomic E-state index is 11.3. The summed E-state index contributed by atoms with van der Waals surface area (Å²) in [6.45, 7) is 0. The number of hydrogen-bond acceptors (Lipinski definition) is 3. The quantitative estimate of drug-likeness (QED) is 0.785. The van der Waals surface area contributed by atoms with Crippen LogP contribution in [0.5, 0.6) is 0 Å². The predicted octanol–water partition coefficient (Wildman–Crippen LogP) is 1.89. The number of aliphatic hydroxyl groups excluding tert-OH is 1. The van der Waals surface area contributed by atoms with Crippen molar-refractivity contribution in [2.75, 3.05) is 5.88 Å². The summed E-state index contributed by atoms with van der Waals surface area (Å²) >= 11 is 11.2. The van der Waals surface area contributed by atoms with Crippen LogP contribution in [0.4, 0.5) is 0 Å². The van der Waals surface area contributed by atoms with Crippen molar-refractivity contribution in [3.05, 3.63) is 34.9 Å². The molecule has 0 aliphatic rings. The first-order valence-electron chi connectivity index (χ1n) is 5.15. The molecule has 2 N–H and O–H groups in total. The molecule has 0 aliphatic heterocycles. The second-order valence-electron chi connectivity index (χ2n) is 3.75. The fourth-order valence-electron chi connectivity index (χ4n) is 1.51. The van der Waals surface area contributed by atoms with E-state index in [1.165, 1.54) is 12.1 Å². The highest BCUT2D eigenvalue weighted by molar-refractivity contribution is 6.27. The molecular weight excluding hydrogens is 279 g/mol. The van der Waals surface area contributed by atoms with Gasteiger partial charge in [-0.05, 0) is 16.7 Å². The Morgan fingerprint density at radius 1 is 1.22 bits per heavy atom. The third kappa shape index (κ3) is 3.70. The summed E-state index contributed by atoms with van der Waals surface area (Å²) in [4.78, 5) is 22.0. The number of aliphatic hydroxyl groups is 1. The van der Waals surface area contributed by atoms with Crippen LogP contribution in [0.3, 0.4) is 0 Å². The summed E-state index contributed by atoms with van der Waals surface area (Å²) in [6, 6.07) is 4.55. The Kier molecular flexibility index (Phi) is 5.59. The third-order valence-electron chi connectivity index (χ3n) is 2.46. The van der Waals surface area contributed by atoms with Gasteiger partial charge in [-0.1, -0.05) is 18.2 Å². The first kappa shape index (κ1) is 15.0. The van der Waals surface area contributed by atoms with Crippen LogP contribution in [0.2, 0.25) is 0 Å². The number of hydrogen-bond donors (Lipinski definition) is 2. The monoisotopic (exact) mass is 290 g/mol. The number of ketones is 1. The molecule has 0 aliphatic carbocycles. The van der Waals surface area contributed by atoms with E-state index in [0.717, 1.165) is 5.56 Å². The molecule has 0 radical (unpaired) electrons. The predicted molar refractivity (Wildman–Crippen MR) is 68.0 cm³/mol. The molecule has 4 nitrogen and oxygen atoms in total. The van der Waals surface area contributed by atoms with Gasteiger partial charge >= 0.3 is 5.97 Å². The number of carbonyl (C=O) groups is 2. The van der Waals surface area contributed by atoms with Crippen LogP contribution in [0.15, 0.2) is 18.2 Å². The van der Waals surface area contributed by atoms with Gasteiger partial charge in [-0.25, -0.2) is 4.79 Å². The molecule has 1 aromatic rings. The Hall–Kier alpha value is -1.10. The van der Waals surface area contributed by atoms with E-state index in [0.29, 0.717) is 5.56 Å². The molecule has 0 aromatic heterocycles. The molecule has 0 spiro atoms. The second-order valence-corrected chi connectivity index (χ2v) is 4.29. The van der Waals surface area contributed by atoms with E-state index < -0.39 is 12.1 Å². The van der Waals surface area contributed by atoms with Crippen LogP contribution in [-0.4, -0.2) is 27.8 Å². The molecule has 1 unspecified atom stereocenters. The highest BCUT2D eigenvalue weighted by Gasteiger charge is 2.17. The second kappa shape index (κ2) is 6.73. The van der Waals surface area contributed by atoms with Crippen molar-refractivity contribution in [1.82, 2.24) is 0 Å². The number of alkyl halides is 2. The molecule has 0 amide bonds. The lowest BCUT2D eigenvalue weighted by atomic mass is 9.98. The van der Waals surface area contributed by atoms with Gasteiger partial charge in [0.25, 0.3) is 0 Å². The van der Waals surface area contributed by atoms with Gasteiger partial charge in [0.15, 0.2) is 11.9 Å². The molecule has 0 saturated heterocycles. The molecule has 6 heteroatoms. The molecule has 98 valence electrons. The minimum Gasteiger partial charge on any atom is -0.479 e. The van der Waals surface area contributed by atoms with Crippen LogP contribution >= 0.6 is 23.2 Å². The number of carbonyl (C=O) groups excluding carboxylic acids is 1. The lowest BCUT2D eigenvalue weighted by Gasteiger charge is -2.11. The maximum Gasteiger partial charge on any atom is 0.337 e. The maximum absolute atomic E-state index is 11.3. The average Bonchev–Trinajstić information content (AvgIpc) is 2.37. The zero-order valence-corrected chi connectivity index (χ0v) is 10.9. The van der Waals surface area contributed by atoms with Crippen molar-refractivity contribution in [1.29, 1.82) is 0 Å². The molecule has 18 heavy (non-hydrogen) atoms. The number of carboxylic acids is 1. The van der Waals surface area contributed by atoms with Crippen LogP contribution in [0.1, 0.15) is 22.8 Å². The zero-order chi connectivity index (χ0) is 13.7. The minimum absolute atomic E-state index is 0.0751. The molecular formula is C12H12Cl2O4. The summed E-state index contributed by atoms with van der Waals surface area (Å²) in [5, 5.41) is 18.2. The molecule has 0 bridgehead atoms. The number of halogens is 2. The number of Topliss-reactive ketones (excluding diaryl/α,β-unsaturated/α-hetero) is 1. The number of aliphatic carboxylic acids is 1. The summed E-state index contributed by atoms with van der Waals surface area (Å²) in [6.07, 6.45) is -1.54. The van der Waals surface area contributed by atoms with Gasteiger partial charge in [-0.2, -0.15) is 0 Å². The van der Waals surface area contributed by atoms with Crippen molar-refractivity contribution in [2.45, 2.75) is 18.4 Å². The Bertz CT molecular complexity index is 459. The summed E-state index contributed by atoms with van der Waals surface area (Å²) in [5.41, 5.74) is 1.53. The molecule has 1 atom stereocenters. The lowest BCUT2D eigenvalue weighted by Crippen LogP contribution is -2.12. The molecule has 0 saturated carbocycles. The minimum atomic E-state index is -1.61. The highest BCUT2D eigenvalue weighted by atomic mass is 35.5. The molecule has 1 aromatic carbocycles. The summed E-state index contributed by atoms with van der Waals surface area (Å²) in [5.74, 6) is -1.45. The van der Waals surface area contributed by atoms with E-state index in [2.05, 4.69) is 0 Å². The number of benzene rings is 1. The van der Waals surface area contributed by atoms with Crippen molar-refractivity contribution < 1.29 is 19.8 Å². The normalized spacial score (nSPS) is 12.2. The topological polar surface area (TPSA) is 74.6 Å². The smallest absolute Gasteiger partial charge is 0.337 e. The fraction of sp³-hybridized carbons (Fsp3) is 0.333. The SMILES string of the molecule is O=C(CCl)Cc1cc(C(O)C(=O)O)ccc1CCl. The average molecular weight is 291 g/mol. The molecule has 0 heterocycles. The van der Waals surface area contributed by atoms with E-state index in [-0.39, 0.29) is 29.5 Å². The number of rotatable bonds is 6. The lowest BCUT2D eigenvalue weighted by molar-refractivity contribution is -0.146. The summed E-state index contributed by atoms with van der Waals surface area (Å²) < 4.78 is 0. The third-order valence-corrected chi connectivity index (χ3v) is 3.05. The Morgan fingerprint density at radius 2 is 1.89 bits per heavy atom. The van der Waals surface area contributed by atoms with Crippen molar-refractivity contribution in [2.24, 2.45) is 0 Å². The highest BCUT2D eigenvalue weighted by Crippen LogP contribution is 2.20. The number of carboxylic acid groups (broad SMARTS) is 1. The van der Waals surface area contributed by atoms with Gasteiger partial charge in [-0.15, -0.1) is 23.2 Å². The standard InChI is InChI=1S/C12H12Cl2O4/c13-5-8-2-1-7(11(16)12(17)18)3-9(8)4-10(15)6-14/h1-3,11,16H,4-6H2,(H,17,18). The summed E-state index contributed by atoms with van der Waals surface area (Å²) in [7, 11) is 0. The zero-order valence-electron chi connectivity index (χ0n) is 9.40. The van der Waals surface area contributed by atoms with Gasteiger partial charge in [0, 0.05) is 12.3 Å². The molecule has 0 fully saturated rings. The fourth-order valence-corrected chi connectivity index (χ4v) is 1.87. The molecule has 1 rings (SSSR count). The Balaban J connectivity index is 3.09. The first-order valence-corrected chi connectivity index (χ1v) is 6.22. The van der Waals surface area contributed by atoms with E-state index in [1.54, 1.807) is 6.07 Å². The Labute approximate surface area is 114 Å². The van der Waals surface area contributed by atoms with Crippen molar-refractivity contribution >= 4 is 35.0 Å². The Morgan fingerprint density at radius 3 is 2.39 bits per heavy atom. The van der Waals surface area contributed by atoms with Gasteiger partial charge in [0.05, 0.1) is 5.88 Å². The van der Waals surface area contributed by atoms with E-state index in [4.69, 9.17) is 28.3 Å². The van der Waals surface area contributed by atoms with Crippen LogP contribution in [0.25, 0.3) is 0 Å². The van der Waals surface area contributed by atoms with Crippen LogP contribution < -0.4 is 0 Å². The first-order chi connectivity index (χ1) is 8.49. The van der Waals surface area contributed by atoms with Crippen LogP contribution in [0, 0.1) is 0 Å². The van der Waals surface area contributed by atoms with Crippen molar-refractivity contribution in [3.8, 4) is 0 Å². The van der Waals surface area contributed by atoms with E-state index >= 15 is 0 Å². The van der Waals surface area contributed by atoms with E-state index in [9.17, 15) is 14.7 Å². The van der Waals surface area contributed by atoms with Gasteiger partial charge in [0.1, 0.15) is 0 Å². The van der Waals surface area contributed by atoms with Crippen LogP contribution in [-0.2, 0) is 21.9 Å². The van der Waals surface area contributed by atoms with Gasteiger partial charge in [-0.3, -0.25) is 4.79 Å². The van der Waals surface area contributed by atoms with Crippen molar-refractivity contribution in [3.63, 3.8) is 0 Å². The van der Waals surface area contributed by atoms with Gasteiger partial charge in [0.2, 0.25) is 0 Å².